The molecule has 0 atom stereocenters. The Balaban J connectivity index is 2.31. The zero-order chi connectivity index (χ0) is 11.6. The number of hydrogen-bond donors (Lipinski definition) is 2. The van der Waals surface area contributed by atoms with Crippen molar-refractivity contribution < 1.29 is 10.2 Å². The first-order valence-corrected chi connectivity index (χ1v) is 7.21. The fourth-order valence-electron chi connectivity index (χ4n) is 1.07. The highest BCUT2D eigenvalue weighted by atomic mass is 32.2. The number of aliphatic hydroxyl groups excluding tert-OH is 2. The largest absolute Gasteiger partial charge is 0.396 e. The molecular weight excluding hydrogens is 240 g/mol. The Morgan fingerprint density at radius 3 is 2.88 bits per heavy atom. The molecular formula is C12H16O2S2. The summed E-state index contributed by atoms with van der Waals surface area (Å²) in [5.41, 5.74) is 0. The molecule has 0 unspecified atom stereocenters. The van der Waals surface area contributed by atoms with Crippen LogP contribution in [0.1, 0.15) is 22.6 Å². The van der Waals surface area contributed by atoms with Gasteiger partial charge in [0.05, 0.1) is 11.5 Å². The minimum atomic E-state index is 0.127. The monoisotopic (exact) mass is 256 g/mol. The highest BCUT2D eigenvalue weighted by Gasteiger charge is 1.98. The molecule has 0 aliphatic carbocycles. The second kappa shape index (κ2) is 8.66. The van der Waals surface area contributed by atoms with Gasteiger partial charge in [-0.25, -0.2) is 0 Å². The van der Waals surface area contributed by atoms with E-state index in [1.165, 1.54) is 4.88 Å². The third-order valence-corrected chi connectivity index (χ3v) is 4.08. The summed E-state index contributed by atoms with van der Waals surface area (Å²) in [6.45, 7) is 0.400. The van der Waals surface area contributed by atoms with Gasteiger partial charge >= 0.3 is 0 Å². The molecule has 0 fully saturated rings. The van der Waals surface area contributed by atoms with Crippen molar-refractivity contribution in [3.8, 4) is 11.8 Å². The van der Waals surface area contributed by atoms with Crippen LogP contribution in [0.3, 0.4) is 0 Å². The van der Waals surface area contributed by atoms with E-state index in [9.17, 15) is 0 Å². The van der Waals surface area contributed by atoms with Gasteiger partial charge in [0.2, 0.25) is 0 Å². The predicted octanol–water partition coefficient (Wildman–Crippen LogP) is 2.10. The molecule has 0 saturated heterocycles. The van der Waals surface area contributed by atoms with Gasteiger partial charge in [-0.3, -0.25) is 0 Å². The van der Waals surface area contributed by atoms with E-state index >= 15 is 0 Å². The zero-order valence-electron chi connectivity index (χ0n) is 9.11. The molecule has 0 amide bonds. The van der Waals surface area contributed by atoms with Crippen molar-refractivity contribution in [2.24, 2.45) is 0 Å². The summed E-state index contributed by atoms with van der Waals surface area (Å²) in [4.78, 5) is 2.38. The maximum Gasteiger partial charge on any atom is 0.0771 e. The lowest BCUT2D eigenvalue weighted by molar-refractivity contribution is 0.296. The van der Waals surface area contributed by atoms with Crippen LogP contribution < -0.4 is 0 Å². The van der Waals surface area contributed by atoms with Crippen molar-refractivity contribution in [2.75, 3.05) is 19.0 Å². The van der Waals surface area contributed by atoms with Crippen molar-refractivity contribution in [3.63, 3.8) is 0 Å². The number of hydrogen-bond acceptors (Lipinski definition) is 4. The van der Waals surface area contributed by atoms with E-state index in [1.807, 2.05) is 17.8 Å². The van der Waals surface area contributed by atoms with E-state index < -0.39 is 0 Å². The van der Waals surface area contributed by atoms with E-state index in [1.54, 1.807) is 11.3 Å². The van der Waals surface area contributed by atoms with Crippen LogP contribution in [-0.4, -0.2) is 29.2 Å². The average Bonchev–Trinajstić information content (AvgIpc) is 2.73. The smallest absolute Gasteiger partial charge is 0.0771 e. The Hall–Kier alpha value is -0.470. The standard InChI is InChI=1S/C12H16O2S2/c13-7-2-1-4-11-5-6-12(16-11)10-15-9-3-8-14/h5-6,13-14H,2-3,7-10H2. The topological polar surface area (TPSA) is 40.5 Å². The summed E-state index contributed by atoms with van der Waals surface area (Å²) in [6, 6.07) is 4.12. The van der Waals surface area contributed by atoms with Crippen molar-refractivity contribution in [1.29, 1.82) is 0 Å². The quantitative estimate of drug-likeness (QED) is 0.605. The molecule has 1 heterocycles. The molecule has 2 N–H and O–H groups in total. The first kappa shape index (κ1) is 13.6. The number of thioether (sulfide) groups is 1. The van der Waals surface area contributed by atoms with Crippen molar-refractivity contribution in [2.45, 2.75) is 18.6 Å². The maximum absolute atomic E-state index is 8.64. The van der Waals surface area contributed by atoms with Crippen LogP contribution in [-0.2, 0) is 5.75 Å². The molecule has 0 aliphatic heterocycles. The Kier molecular flexibility index (Phi) is 7.35. The molecule has 0 bridgehead atoms. The summed E-state index contributed by atoms with van der Waals surface area (Å²) in [7, 11) is 0. The van der Waals surface area contributed by atoms with Gasteiger partial charge in [0, 0.05) is 23.7 Å². The molecule has 1 aromatic rings. The Morgan fingerprint density at radius 1 is 1.25 bits per heavy atom. The van der Waals surface area contributed by atoms with Crippen molar-refractivity contribution in [3.05, 3.63) is 21.9 Å². The Bertz CT molecular complexity index is 349. The van der Waals surface area contributed by atoms with E-state index in [0.717, 1.165) is 22.8 Å². The zero-order valence-corrected chi connectivity index (χ0v) is 10.7. The molecule has 0 aromatic carbocycles. The van der Waals surface area contributed by atoms with Gasteiger partial charge in [-0.2, -0.15) is 11.8 Å². The average molecular weight is 256 g/mol. The van der Waals surface area contributed by atoms with E-state index in [0.29, 0.717) is 6.42 Å². The molecule has 1 aromatic heterocycles. The molecule has 0 aliphatic rings. The van der Waals surface area contributed by atoms with Crippen LogP contribution in [0.4, 0.5) is 0 Å². The lowest BCUT2D eigenvalue weighted by Crippen LogP contribution is -1.85. The normalized spacial score (nSPS) is 9.88. The van der Waals surface area contributed by atoms with Crippen LogP contribution >= 0.6 is 23.1 Å². The van der Waals surface area contributed by atoms with Crippen LogP contribution in [0.25, 0.3) is 0 Å². The molecule has 1 rings (SSSR count). The number of thiophene rings is 1. The molecule has 88 valence electrons. The molecule has 2 nitrogen and oxygen atoms in total. The van der Waals surface area contributed by atoms with E-state index in [-0.39, 0.29) is 13.2 Å². The highest BCUT2D eigenvalue weighted by Crippen LogP contribution is 2.21. The van der Waals surface area contributed by atoms with Crippen LogP contribution in [0.2, 0.25) is 0 Å². The molecule has 0 radical (unpaired) electrons. The molecule has 4 heteroatoms. The summed E-state index contributed by atoms with van der Waals surface area (Å²) in [5, 5.41) is 17.2. The first-order chi connectivity index (χ1) is 7.86. The van der Waals surface area contributed by atoms with Crippen LogP contribution in [0.15, 0.2) is 12.1 Å². The summed E-state index contributed by atoms with van der Waals surface area (Å²) in [6.07, 6.45) is 1.40. The lowest BCUT2D eigenvalue weighted by Gasteiger charge is -1.96. The van der Waals surface area contributed by atoms with Crippen LogP contribution in [0, 0.1) is 11.8 Å². The van der Waals surface area contributed by atoms with E-state index in [2.05, 4.69) is 17.9 Å². The van der Waals surface area contributed by atoms with Gasteiger partial charge in [0.25, 0.3) is 0 Å². The van der Waals surface area contributed by atoms with Gasteiger partial charge in [-0.05, 0) is 24.3 Å². The first-order valence-electron chi connectivity index (χ1n) is 5.24. The highest BCUT2D eigenvalue weighted by molar-refractivity contribution is 7.98. The summed E-state index contributed by atoms with van der Waals surface area (Å²) in [5.74, 6) is 7.93. The maximum atomic E-state index is 8.64. The molecule has 16 heavy (non-hydrogen) atoms. The SMILES string of the molecule is OCCC#Cc1ccc(CSCCCO)s1. The number of aliphatic hydroxyl groups is 2. The second-order valence-corrected chi connectivity index (χ2v) is 5.44. The molecule has 0 spiro atoms. The van der Waals surface area contributed by atoms with Crippen LogP contribution in [0.5, 0.6) is 0 Å². The van der Waals surface area contributed by atoms with Crippen molar-refractivity contribution in [1.82, 2.24) is 0 Å². The van der Waals surface area contributed by atoms with Crippen molar-refractivity contribution >= 4 is 23.1 Å². The van der Waals surface area contributed by atoms with Gasteiger partial charge in [-0.1, -0.05) is 11.8 Å². The summed E-state index contributed by atoms with van der Waals surface area (Å²) >= 11 is 3.54. The fraction of sp³-hybridized carbons (Fsp3) is 0.500. The third-order valence-electron chi connectivity index (χ3n) is 1.80. The Labute approximate surface area is 105 Å². The minimum Gasteiger partial charge on any atom is -0.396 e. The van der Waals surface area contributed by atoms with Gasteiger partial charge in [0.15, 0.2) is 0 Å². The lowest BCUT2D eigenvalue weighted by atomic mass is 10.4. The second-order valence-electron chi connectivity index (χ2n) is 3.17. The Morgan fingerprint density at radius 2 is 2.12 bits per heavy atom. The van der Waals surface area contributed by atoms with Gasteiger partial charge in [0.1, 0.15) is 0 Å². The fourth-order valence-corrected chi connectivity index (χ4v) is 3.01. The number of rotatable bonds is 6. The minimum absolute atomic E-state index is 0.127. The summed E-state index contributed by atoms with van der Waals surface area (Å²) < 4.78 is 0. The third kappa shape index (κ3) is 5.57. The van der Waals surface area contributed by atoms with Gasteiger partial charge in [-0.15, -0.1) is 11.3 Å². The predicted molar refractivity (Wildman–Crippen MR) is 70.8 cm³/mol. The van der Waals surface area contributed by atoms with Gasteiger partial charge < -0.3 is 10.2 Å². The molecule has 0 saturated carbocycles. The van der Waals surface area contributed by atoms with E-state index in [4.69, 9.17) is 10.2 Å².